The third kappa shape index (κ3) is 4.71. The highest BCUT2D eigenvalue weighted by atomic mass is 32.1. The van der Waals surface area contributed by atoms with Crippen LogP contribution >= 0.6 is 12.2 Å². The van der Waals surface area contributed by atoms with Crippen molar-refractivity contribution in [1.29, 1.82) is 0 Å². The molecule has 94 valence electrons. The van der Waals surface area contributed by atoms with Crippen LogP contribution in [0.15, 0.2) is 24.3 Å². The van der Waals surface area contributed by atoms with Crippen LogP contribution in [0.1, 0.15) is 12.0 Å². The molecule has 0 aromatic heterocycles. The van der Waals surface area contributed by atoms with Gasteiger partial charge in [0.05, 0.1) is 0 Å². The predicted molar refractivity (Wildman–Crippen MR) is 76.7 cm³/mol. The molecule has 0 bridgehead atoms. The number of nitrogens with zero attached hydrogens (tertiary/aromatic N) is 1. The molecular weight excluding hydrogens is 232 g/mol. The highest BCUT2D eigenvalue weighted by Crippen LogP contribution is 2.13. The minimum atomic E-state index is 0.741. The molecule has 0 heterocycles. The smallest absolute Gasteiger partial charge is 0.173 e. The molecule has 17 heavy (non-hydrogen) atoms. The Morgan fingerprint density at radius 1 is 1.35 bits per heavy atom. The standard InChI is InChI=1S/C13H20N2OS/c1-11-5-7-12(8-6-11)15(2)13(17)14-9-4-10-16-3/h5-8H,4,9-10H2,1-3H3,(H,14,17). The van der Waals surface area contributed by atoms with Crippen molar-refractivity contribution in [3.63, 3.8) is 0 Å². The number of rotatable bonds is 5. The van der Waals surface area contributed by atoms with Gasteiger partial charge in [-0.3, -0.25) is 0 Å². The molecule has 4 heteroatoms. The second kappa shape index (κ2) is 7.25. The number of nitrogens with one attached hydrogen (secondary N) is 1. The first kappa shape index (κ1) is 13.9. The van der Waals surface area contributed by atoms with Gasteiger partial charge in [-0.05, 0) is 37.7 Å². The predicted octanol–water partition coefficient (Wildman–Crippen LogP) is 2.34. The second-order valence-corrected chi connectivity index (χ2v) is 4.36. The minimum Gasteiger partial charge on any atom is -0.385 e. The van der Waals surface area contributed by atoms with Crippen LogP contribution in [0.3, 0.4) is 0 Å². The Bertz CT molecular complexity index is 351. The lowest BCUT2D eigenvalue weighted by Gasteiger charge is -2.21. The number of benzene rings is 1. The number of thiocarbonyl (C=S) groups is 1. The van der Waals surface area contributed by atoms with Crippen LogP contribution in [0.25, 0.3) is 0 Å². The summed E-state index contributed by atoms with van der Waals surface area (Å²) in [7, 11) is 3.67. The Balaban J connectivity index is 2.43. The number of aryl methyl sites for hydroxylation is 1. The summed E-state index contributed by atoms with van der Waals surface area (Å²) in [5.41, 5.74) is 2.35. The third-order valence-corrected chi connectivity index (χ3v) is 2.95. The van der Waals surface area contributed by atoms with Gasteiger partial charge in [-0.25, -0.2) is 0 Å². The van der Waals surface area contributed by atoms with Gasteiger partial charge in [0, 0.05) is 33.0 Å². The molecule has 1 aromatic carbocycles. The molecule has 1 rings (SSSR count). The first-order valence-electron chi connectivity index (χ1n) is 5.72. The van der Waals surface area contributed by atoms with Crippen molar-refractivity contribution < 1.29 is 4.74 Å². The maximum atomic E-state index is 5.32. The molecular formula is C13H20N2OS. The van der Waals surface area contributed by atoms with E-state index in [1.165, 1.54) is 5.56 Å². The lowest BCUT2D eigenvalue weighted by atomic mass is 10.2. The average Bonchev–Trinajstić information content (AvgIpc) is 2.34. The van der Waals surface area contributed by atoms with Crippen molar-refractivity contribution in [1.82, 2.24) is 5.32 Å². The van der Waals surface area contributed by atoms with E-state index in [9.17, 15) is 0 Å². The van der Waals surface area contributed by atoms with Gasteiger partial charge in [-0.15, -0.1) is 0 Å². The zero-order valence-corrected chi connectivity index (χ0v) is 11.5. The van der Waals surface area contributed by atoms with Gasteiger partial charge in [0.15, 0.2) is 5.11 Å². The minimum absolute atomic E-state index is 0.741. The quantitative estimate of drug-likeness (QED) is 0.642. The molecule has 0 saturated carbocycles. The Kier molecular flexibility index (Phi) is 5.94. The van der Waals surface area contributed by atoms with Gasteiger partial charge in [-0.1, -0.05) is 17.7 Å². The molecule has 3 nitrogen and oxygen atoms in total. The first-order chi connectivity index (χ1) is 8.15. The van der Waals surface area contributed by atoms with Gasteiger partial charge in [0.2, 0.25) is 0 Å². The number of methoxy groups -OCH3 is 1. The summed E-state index contributed by atoms with van der Waals surface area (Å²) in [5, 5.41) is 3.95. The molecule has 0 unspecified atom stereocenters. The van der Waals surface area contributed by atoms with Crippen molar-refractivity contribution in [3.8, 4) is 0 Å². The molecule has 0 spiro atoms. The fourth-order valence-electron chi connectivity index (χ4n) is 1.42. The molecule has 0 atom stereocenters. The molecule has 1 aromatic rings. The molecule has 1 N–H and O–H groups in total. The Morgan fingerprint density at radius 3 is 2.59 bits per heavy atom. The molecule has 0 amide bonds. The normalized spacial score (nSPS) is 10.1. The summed E-state index contributed by atoms with van der Waals surface area (Å²) in [6.45, 7) is 3.66. The monoisotopic (exact) mass is 252 g/mol. The zero-order chi connectivity index (χ0) is 12.7. The van der Waals surface area contributed by atoms with Gasteiger partial charge in [0.1, 0.15) is 0 Å². The molecule has 0 saturated heterocycles. The van der Waals surface area contributed by atoms with E-state index in [2.05, 4.69) is 36.5 Å². The van der Waals surface area contributed by atoms with Crippen LogP contribution in [-0.2, 0) is 4.74 Å². The Morgan fingerprint density at radius 2 is 2.00 bits per heavy atom. The van der Waals surface area contributed by atoms with E-state index < -0.39 is 0 Å². The van der Waals surface area contributed by atoms with Crippen molar-refractivity contribution in [3.05, 3.63) is 29.8 Å². The fourth-order valence-corrected chi connectivity index (χ4v) is 1.62. The maximum absolute atomic E-state index is 5.32. The van der Waals surface area contributed by atoms with E-state index in [0.29, 0.717) is 0 Å². The molecule has 0 aliphatic carbocycles. The first-order valence-corrected chi connectivity index (χ1v) is 6.13. The molecule has 0 aliphatic heterocycles. The van der Waals surface area contributed by atoms with Crippen LogP contribution < -0.4 is 10.2 Å². The van der Waals surface area contributed by atoms with Crippen LogP contribution in [0.5, 0.6) is 0 Å². The largest absolute Gasteiger partial charge is 0.385 e. The molecule has 0 fully saturated rings. The van der Waals surface area contributed by atoms with Gasteiger partial charge < -0.3 is 15.0 Å². The lowest BCUT2D eigenvalue weighted by Crippen LogP contribution is -2.37. The van der Waals surface area contributed by atoms with Crippen LogP contribution in [0.4, 0.5) is 5.69 Å². The van der Waals surface area contributed by atoms with Crippen molar-refractivity contribution in [2.45, 2.75) is 13.3 Å². The summed E-state index contributed by atoms with van der Waals surface area (Å²) in [6, 6.07) is 8.30. The van der Waals surface area contributed by atoms with E-state index in [0.717, 1.165) is 30.4 Å². The molecule has 0 radical (unpaired) electrons. The van der Waals surface area contributed by atoms with Crippen molar-refractivity contribution in [2.75, 3.05) is 32.2 Å². The van der Waals surface area contributed by atoms with E-state index in [1.807, 2.05) is 11.9 Å². The van der Waals surface area contributed by atoms with E-state index in [1.54, 1.807) is 7.11 Å². The summed E-state index contributed by atoms with van der Waals surface area (Å²) in [6.07, 6.45) is 0.957. The fraction of sp³-hybridized carbons (Fsp3) is 0.462. The number of ether oxygens (including phenoxy) is 1. The number of anilines is 1. The second-order valence-electron chi connectivity index (χ2n) is 3.97. The van der Waals surface area contributed by atoms with Gasteiger partial charge in [0.25, 0.3) is 0 Å². The van der Waals surface area contributed by atoms with Gasteiger partial charge in [-0.2, -0.15) is 0 Å². The van der Waals surface area contributed by atoms with Gasteiger partial charge >= 0.3 is 0 Å². The highest BCUT2D eigenvalue weighted by Gasteiger charge is 2.05. The molecule has 0 aliphatic rings. The van der Waals surface area contributed by atoms with Crippen LogP contribution in [0.2, 0.25) is 0 Å². The van der Waals surface area contributed by atoms with E-state index in [-0.39, 0.29) is 0 Å². The summed E-state index contributed by atoms with van der Waals surface area (Å²) >= 11 is 5.32. The van der Waals surface area contributed by atoms with Crippen LogP contribution in [0, 0.1) is 6.92 Å². The Labute approximate surface area is 109 Å². The number of hydrogen-bond acceptors (Lipinski definition) is 2. The Hall–Kier alpha value is -1.13. The van der Waals surface area contributed by atoms with Crippen molar-refractivity contribution in [2.24, 2.45) is 0 Å². The zero-order valence-electron chi connectivity index (χ0n) is 10.7. The summed E-state index contributed by atoms with van der Waals surface area (Å²) in [4.78, 5) is 1.97. The highest BCUT2D eigenvalue weighted by molar-refractivity contribution is 7.80. The van der Waals surface area contributed by atoms with Crippen molar-refractivity contribution >= 4 is 23.0 Å². The lowest BCUT2D eigenvalue weighted by molar-refractivity contribution is 0.195. The summed E-state index contributed by atoms with van der Waals surface area (Å²) < 4.78 is 4.99. The maximum Gasteiger partial charge on any atom is 0.173 e. The number of hydrogen-bond donors (Lipinski definition) is 1. The topological polar surface area (TPSA) is 24.5 Å². The average molecular weight is 252 g/mol. The SMILES string of the molecule is COCCCNC(=S)N(C)c1ccc(C)cc1. The summed E-state index contributed by atoms with van der Waals surface area (Å²) in [5.74, 6) is 0. The third-order valence-electron chi connectivity index (χ3n) is 2.53. The van der Waals surface area contributed by atoms with Crippen LogP contribution in [-0.4, -0.2) is 32.4 Å². The van der Waals surface area contributed by atoms with E-state index in [4.69, 9.17) is 17.0 Å². The van der Waals surface area contributed by atoms with E-state index >= 15 is 0 Å².